The Morgan fingerprint density at radius 3 is 2.67 bits per heavy atom. The van der Waals surface area contributed by atoms with Crippen LogP contribution in [0, 0.1) is 5.82 Å². The van der Waals surface area contributed by atoms with E-state index in [1.54, 1.807) is 24.3 Å². The van der Waals surface area contributed by atoms with E-state index in [1.165, 1.54) is 23.4 Å². The number of Topliss-reactive ketones (excluding diaryl/α,β-unsaturated/α-hetero) is 1. The SMILES string of the molecule is C=CCn1c(COc2ccccc2F)nnc1SCC(=O)c1ccc(CCC)cc1. The van der Waals surface area contributed by atoms with Gasteiger partial charge in [0.15, 0.2) is 28.3 Å². The number of halogens is 1. The van der Waals surface area contributed by atoms with Gasteiger partial charge in [0.25, 0.3) is 0 Å². The molecular formula is C23H24FN3O2S. The summed E-state index contributed by atoms with van der Waals surface area (Å²) in [6.45, 7) is 6.42. The Morgan fingerprint density at radius 2 is 1.97 bits per heavy atom. The molecule has 0 aliphatic rings. The molecule has 0 unspecified atom stereocenters. The normalized spacial score (nSPS) is 10.7. The van der Waals surface area contributed by atoms with Gasteiger partial charge < -0.3 is 4.74 Å². The van der Waals surface area contributed by atoms with Crippen molar-refractivity contribution < 1.29 is 13.9 Å². The smallest absolute Gasteiger partial charge is 0.192 e. The zero-order chi connectivity index (χ0) is 21.3. The van der Waals surface area contributed by atoms with Crippen LogP contribution in [0.3, 0.4) is 0 Å². The molecule has 1 aromatic heterocycles. The van der Waals surface area contributed by atoms with Crippen molar-refractivity contribution in [2.45, 2.75) is 38.1 Å². The summed E-state index contributed by atoms with van der Waals surface area (Å²) >= 11 is 1.31. The van der Waals surface area contributed by atoms with Crippen molar-refractivity contribution in [2.24, 2.45) is 0 Å². The number of ether oxygens (including phenoxy) is 1. The first kappa shape index (κ1) is 21.8. The average molecular weight is 426 g/mol. The lowest BCUT2D eigenvalue weighted by Crippen LogP contribution is -2.09. The highest BCUT2D eigenvalue weighted by atomic mass is 32.2. The summed E-state index contributed by atoms with van der Waals surface area (Å²) in [6, 6.07) is 13.9. The first-order chi connectivity index (χ1) is 14.6. The first-order valence-corrected chi connectivity index (χ1v) is 10.8. The number of carbonyl (C=O) groups is 1. The van der Waals surface area contributed by atoms with Crippen LogP contribution in [-0.4, -0.2) is 26.3 Å². The molecule has 7 heteroatoms. The summed E-state index contributed by atoms with van der Waals surface area (Å²) in [5, 5.41) is 8.92. The highest BCUT2D eigenvalue weighted by molar-refractivity contribution is 7.99. The first-order valence-electron chi connectivity index (χ1n) is 9.77. The number of ketones is 1. The number of rotatable bonds is 11. The van der Waals surface area contributed by atoms with E-state index in [1.807, 2.05) is 28.8 Å². The minimum absolute atomic E-state index is 0.0281. The molecule has 0 bridgehead atoms. The molecule has 0 radical (unpaired) electrons. The van der Waals surface area contributed by atoms with Gasteiger partial charge in [-0.05, 0) is 24.1 Å². The number of aromatic nitrogens is 3. The number of hydrogen-bond acceptors (Lipinski definition) is 5. The number of hydrogen-bond donors (Lipinski definition) is 0. The quantitative estimate of drug-likeness (QED) is 0.243. The average Bonchev–Trinajstić information content (AvgIpc) is 3.14. The molecule has 0 aliphatic heterocycles. The zero-order valence-corrected chi connectivity index (χ0v) is 17.7. The number of para-hydroxylation sites is 1. The Kier molecular flexibility index (Phi) is 7.79. The van der Waals surface area contributed by atoms with Gasteiger partial charge in [-0.1, -0.05) is 67.6 Å². The molecule has 0 amide bonds. The van der Waals surface area contributed by atoms with Crippen LogP contribution in [0.4, 0.5) is 4.39 Å². The molecule has 0 spiro atoms. The van der Waals surface area contributed by atoms with E-state index in [0.29, 0.717) is 23.1 Å². The molecule has 0 saturated heterocycles. The van der Waals surface area contributed by atoms with Crippen molar-refractivity contribution in [3.05, 3.63) is 84.0 Å². The summed E-state index contributed by atoms with van der Waals surface area (Å²) in [4.78, 5) is 12.5. The molecule has 30 heavy (non-hydrogen) atoms. The number of allylic oxidation sites excluding steroid dienone is 1. The maximum absolute atomic E-state index is 13.8. The van der Waals surface area contributed by atoms with Crippen LogP contribution in [0.5, 0.6) is 5.75 Å². The summed E-state index contributed by atoms with van der Waals surface area (Å²) in [6.07, 6.45) is 3.80. The van der Waals surface area contributed by atoms with Crippen molar-refractivity contribution in [1.29, 1.82) is 0 Å². The van der Waals surface area contributed by atoms with E-state index in [2.05, 4.69) is 23.7 Å². The lowest BCUT2D eigenvalue weighted by molar-refractivity contribution is 0.102. The van der Waals surface area contributed by atoms with Crippen LogP contribution in [0.1, 0.15) is 35.1 Å². The molecule has 1 heterocycles. The third-order valence-corrected chi connectivity index (χ3v) is 5.41. The predicted molar refractivity (Wildman–Crippen MR) is 116 cm³/mol. The Bertz CT molecular complexity index is 1000. The Hall–Kier alpha value is -2.93. The maximum atomic E-state index is 13.8. The second kappa shape index (κ2) is 10.7. The van der Waals surface area contributed by atoms with Gasteiger partial charge in [0.2, 0.25) is 0 Å². The van der Waals surface area contributed by atoms with Gasteiger partial charge in [0, 0.05) is 12.1 Å². The zero-order valence-electron chi connectivity index (χ0n) is 16.9. The minimum atomic E-state index is -0.433. The van der Waals surface area contributed by atoms with Crippen LogP contribution in [0.15, 0.2) is 66.3 Å². The fraction of sp³-hybridized carbons (Fsp3) is 0.261. The monoisotopic (exact) mass is 425 g/mol. The van der Waals surface area contributed by atoms with E-state index in [-0.39, 0.29) is 23.9 Å². The topological polar surface area (TPSA) is 57.0 Å². The van der Waals surface area contributed by atoms with Gasteiger partial charge in [0.05, 0.1) is 5.75 Å². The number of benzene rings is 2. The second-order valence-electron chi connectivity index (χ2n) is 6.68. The van der Waals surface area contributed by atoms with Crippen LogP contribution in [0.2, 0.25) is 0 Å². The molecule has 2 aromatic carbocycles. The van der Waals surface area contributed by atoms with Crippen LogP contribution in [-0.2, 0) is 19.6 Å². The molecule has 0 N–H and O–H groups in total. The minimum Gasteiger partial charge on any atom is -0.483 e. The molecule has 0 fully saturated rings. The third kappa shape index (κ3) is 5.57. The Balaban J connectivity index is 1.64. The summed E-state index contributed by atoms with van der Waals surface area (Å²) in [7, 11) is 0. The van der Waals surface area contributed by atoms with Gasteiger partial charge in [-0.15, -0.1) is 16.8 Å². The van der Waals surface area contributed by atoms with Gasteiger partial charge >= 0.3 is 0 Å². The molecule has 5 nitrogen and oxygen atoms in total. The van der Waals surface area contributed by atoms with E-state index in [4.69, 9.17) is 4.74 Å². The maximum Gasteiger partial charge on any atom is 0.192 e. The Labute approximate surface area is 180 Å². The van der Waals surface area contributed by atoms with E-state index < -0.39 is 5.82 Å². The molecular weight excluding hydrogens is 401 g/mol. The van der Waals surface area contributed by atoms with Crippen molar-refractivity contribution in [3.8, 4) is 5.75 Å². The summed E-state index contributed by atoms with van der Waals surface area (Å²) < 4.78 is 21.1. The fourth-order valence-corrected chi connectivity index (χ4v) is 3.77. The second-order valence-corrected chi connectivity index (χ2v) is 7.62. The standard InChI is InChI=1S/C23H24FN3O2S/c1-3-7-17-10-12-18(13-11-17)20(28)16-30-23-26-25-22(27(23)14-4-2)15-29-21-9-6-5-8-19(21)24/h4-6,8-13H,2-3,7,14-16H2,1H3. The van der Waals surface area contributed by atoms with E-state index in [0.717, 1.165) is 12.8 Å². The number of thioether (sulfide) groups is 1. The van der Waals surface area contributed by atoms with Crippen LogP contribution >= 0.6 is 11.8 Å². The molecule has 3 aromatic rings. The van der Waals surface area contributed by atoms with Gasteiger partial charge in [-0.2, -0.15) is 0 Å². The van der Waals surface area contributed by atoms with Gasteiger partial charge in [0.1, 0.15) is 6.61 Å². The highest BCUT2D eigenvalue weighted by Crippen LogP contribution is 2.21. The number of nitrogens with zero attached hydrogens (tertiary/aromatic N) is 3. The molecule has 0 aliphatic carbocycles. The highest BCUT2D eigenvalue weighted by Gasteiger charge is 2.15. The molecule has 0 atom stereocenters. The third-order valence-electron chi connectivity index (χ3n) is 4.45. The summed E-state index contributed by atoms with van der Waals surface area (Å²) in [5.74, 6) is 0.535. The number of aryl methyl sites for hydroxylation is 1. The summed E-state index contributed by atoms with van der Waals surface area (Å²) in [5.41, 5.74) is 1.91. The van der Waals surface area contributed by atoms with E-state index >= 15 is 0 Å². The Morgan fingerprint density at radius 1 is 1.20 bits per heavy atom. The van der Waals surface area contributed by atoms with Gasteiger partial charge in [-0.3, -0.25) is 9.36 Å². The number of carbonyl (C=O) groups excluding carboxylic acids is 1. The van der Waals surface area contributed by atoms with Crippen molar-refractivity contribution in [3.63, 3.8) is 0 Å². The largest absolute Gasteiger partial charge is 0.483 e. The molecule has 0 saturated carbocycles. The predicted octanol–water partition coefficient (Wildman–Crippen LogP) is 5.11. The molecule has 156 valence electrons. The lowest BCUT2D eigenvalue weighted by Gasteiger charge is -2.09. The van der Waals surface area contributed by atoms with Crippen LogP contribution < -0.4 is 4.74 Å². The van der Waals surface area contributed by atoms with Crippen LogP contribution in [0.25, 0.3) is 0 Å². The fourth-order valence-electron chi connectivity index (χ4n) is 2.91. The van der Waals surface area contributed by atoms with Gasteiger partial charge in [-0.25, -0.2) is 4.39 Å². The van der Waals surface area contributed by atoms with Crippen molar-refractivity contribution >= 4 is 17.5 Å². The molecule has 3 rings (SSSR count). The lowest BCUT2D eigenvalue weighted by atomic mass is 10.1. The van der Waals surface area contributed by atoms with Crippen molar-refractivity contribution in [1.82, 2.24) is 14.8 Å². The van der Waals surface area contributed by atoms with E-state index in [9.17, 15) is 9.18 Å². The van der Waals surface area contributed by atoms with Crippen molar-refractivity contribution in [2.75, 3.05) is 5.75 Å².